The first-order valence-corrected chi connectivity index (χ1v) is 8.08. The molecule has 124 valence electrons. The zero-order chi connectivity index (χ0) is 16.3. The van der Waals surface area contributed by atoms with Gasteiger partial charge < -0.3 is 19.8 Å². The molecule has 0 unspecified atom stereocenters. The topological polar surface area (TPSA) is 58.8 Å². The van der Waals surface area contributed by atoms with Crippen LogP contribution in [0.1, 0.15) is 25.2 Å². The largest absolute Gasteiger partial charge is 0.494 e. The van der Waals surface area contributed by atoms with Crippen molar-refractivity contribution in [3.63, 3.8) is 0 Å². The SMILES string of the molecule is CCNC(=NCc1ccco1)NCCc1ccccc1OCC. The van der Waals surface area contributed by atoms with E-state index in [9.17, 15) is 0 Å². The number of rotatable bonds is 8. The Labute approximate surface area is 137 Å². The van der Waals surface area contributed by atoms with Gasteiger partial charge in [0.05, 0.1) is 12.9 Å². The lowest BCUT2D eigenvalue weighted by molar-refractivity contribution is 0.336. The molecule has 0 spiro atoms. The third kappa shape index (κ3) is 5.70. The van der Waals surface area contributed by atoms with Crippen molar-refractivity contribution in [2.75, 3.05) is 19.7 Å². The molecule has 2 N–H and O–H groups in total. The second kappa shape index (κ2) is 9.56. The fourth-order valence-corrected chi connectivity index (χ4v) is 2.22. The number of ether oxygens (including phenoxy) is 1. The fourth-order valence-electron chi connectivity index (χ4n) is 2.22. The van der Waals surface area contributed by atoms with E-state index >= 15 is 0 Å². The summed E-state index contributed by atoms with van der Waals surface area (Å²) in [4.78, 5) is 4.52. The Balaban J connectivity index is 1.87. The lowest BCUT2D eigenvalue weighted by Crippen LogP contribution is -2.38. The van der Waals surface area contributed by atoms with Gasteiger partial charge in [0.1, 0.15) is 18.1 Å². The van der Waals surface area contributed by atoms with Crippen LogP contribution in [0.5, 0.6) is 5.75 Å². The van der Waals surface area contributed by atoms with Gasteiger partial charge >= 0.3 is 0 Å². The molecule has 2 aromatic rings. The smallest absolute Gasteiger partial charge is 0.191 e. The molecule has 1 aromatic carbocycles. The molecule has 0 fully saturated rings. The summed E-state index contributed by atoms with van der Waals surface area (Å²) in [7, 11) is 0. The summed E-state index contributed by atoms with van der Waals surface area (Å²) in [6.45, 7) is 6.86. The molecule has 0 aliphatic rings. The molecule has 0 saturated heterocycles. The van der Waals surface area contributed by atoms with E-state index in [1.165, 1.54) is 5.56 Å². The Morgan fingerprint density at radius 3 is 2.74 bits per heavy atom. The molecule has 2 rings (SSSR count). The van der Waals surface area contributed by atoms with Crippen molar-refractivity contribution < 1.29 is 9.15 Å². The van der Waals surface area contributed by atoms with E-state index < -0.39 is 0 Å². The normalized spacial score (nSPS) is 11.3. The molecular formula is C18H25N3O2. The van der Waals surface area contributed by atoms with Gasteiger partial charge in [-0.15, -0.1) is 0 Å². The van der Waals surface area contributed by atoms with Crippen LogP contribution in [0.15, 0.2) is 52.1 Å². The van der Waals surface area contributed by atoms with Crippen molar-refractivity contribution in [3.05, 3.63) is 54.0 Å². The Kier molecular flexibility index (Phi) is 7.04. The van der Waals surface area contributed by atoms with E-state index in [0.29, 0.717) is 13.2 Å². The molecule has 5 heteroatoms. The third-order valence-electron chi connectivity index (χ3n) is 3.28. The number of hydrogen-bond donors (Lipinski definition) is 2. The van der Waals surface area contributed by atoms with Crippen LogP contribution >= 0.6 is 0 Å². The number of nitrogens with one attached hydrogen (secondary N) is 2. The summed E-state index contributed by atoms with van der Waals surface area (Å²) in [5.74, 6) is 2.59. The minimum atomic E-state index is 0.526. The molecule has 0 atom stereocenters. The molecule has 5 nitrogen and oxygen atoms in total. The summed E-state index contributed by atoms with van der Waals surface area (Å²) in [5.41, 5.74) is 1.20. The Morgan fingerprint density at radius 1 is 1.13 bits per heavy atom. The van der Waals surface area contributed by atoms with Gasteiger partial charge in [0.2, 0.25) is 0 Å². The zero-order valence-electron chi connectivity index (χ0n) is 13.8. The maximum atomic E-state index is 5.65. The predicted molar refractivity (Wildman–Crippen MR) is 92.8 cm³/mol. The van der Waals surface area contributed by atoms with Crippen LogP contribution < -0.4 is 15.4 Å². The highest BCUT2D eigenvalue weighted by molar-refractivity contribution is 5.79. The lowest BCUT2D eigenvalue weighted by Gasteiger charge is -2.13. The molecule has 0 radical (unpaired) electrons. The average molecular weight is 315 g/mol. The van der Waals surface area contributed by atoms with Gasteiger partial charge in [0.25, 0.3) is 0 Å². The summed E-state index contributed by atoms with van der Waals surface area (Å²) < 4.78 is 11.0. The van der Waals surface area contributed by atoms with Crippen LogP contribution in [-0.2, 0) is 13.0 Å². The lowest BCUT2D eigenvalue weighted by atomic mass is 10.1. The monoisotopic (exact) mass is 315 g/mol. The highest BCUT2D eigenvalue weighted by Gasteiger charge is 2.03. The Morgan fingerprint density at radius 2 is 2.00 bits per heavy atom. The number of guanidine groups is 1. The highest BCUT2D eigenvalue weighted by Crippen LogP contribution is 2.17. The van der Waals surface area contributed by atoms with E-state index in [-0.39, 0.29) is 0 Å². The van der Waals surface area contributed by atoms with Crippen molar-refractivity contribution in [1.82, 2.24) is 10.6 Å². The van der Waals surface area contributed by atoms with Crippen LogP contribution in [0.3, 0.4) is 0 Å². The standard InChI is InChI=1S/C18H25N3O2/c1-3-19-18(21-14-16-9-7-13-23-16)20-12-11-15-8-5-6-10-17(15)22-4-2/h5-10,13H,3-4,11-12,14H2,1-2H3,(H2,19,20,21). The van der Waals surface area contributed by atoms with Gasteiger partial charge in [0.15, 0.2) is 5.96 Å². The van der Waals surface area contributed by atoms with Gasteiger partial charge in [-0.1, -0.05) is 18.2 Å². The minimum absolute atomic E-state index is 0.526. The third-order valence-corrected chi connectivity index (χ3v) is 3.28. The number of aliphatic imine (C=N–C) groups is 1. The number of para-hydroxylation sites is 1. The van der Waals surface area contributed by atoms with Gasteiger partial charge in [0, 0.05) is 13.1 Å². The van der Waals surface area contributed by atoms with Crippen molar-refractivity contribution in [1.29, 1.82) is 0 Å². The average Bonchev–Trinajstić information content (AvgIpc) is 3.08. The van der Waals surface area contributed by atoms with Crippen LogP contribution in [0.25, 0.3) is 0 Å². The Hall–Kier alpha value is -2.43. The summed E-state index contributed by atoms with van der Waals surface area (Å²) in [6, 6.07) is 11.9. The maximum Gasteiger partial charge on any atom is 0.191 e. The molecule has 0 saturated carbocycles. The van der Waals surface area contributed by atoms with Crippen LogP contribution in [-0.4, -0.2) is 25.7 Å². The van der Waals surface area contributed by atoms with Crippen LogP contribution in [0.2, 0.25) is 0 Å². The number of furan rings is 1. The van der Waals surface area contributed by atoms with Crippen molar-refractivity contribution in [2.24, 2.45) is 4.99 Å². The molecule has 1 heterocycles. The van der Waals surface area contributed by atoms with Gasteiger partial charge in [-0.05, 0) is 44.0 Å². The molecule has 0 aliphatic heterocycles. The number of benzene rings is 1. The second-order valence-corrected chi connectivity index (χ2v) is 4.99. The number of hydrogen-bond acceptors (Lipinski definition) is 3. The van der Waals surface area contributed by atoms with Crippen LogP contribution in [0, 0.1) is 0 Å². The van der Waals surface area contributed by atoms with Crippen molar-refractivity contribution >= 4 is 5.96 Å². The van der Waals surface area contributed by atoms with Gasteiger partial charge in [-0.2, -0.15) is 0 Å². The van der Waals surface area contributed by atoms with Gasteiger partial charge in [-0.3, -0.25) is 0 Å². The molecular weight excluding hydrogens is 290 g/mol. The van der Waals surface area contributed by atoms with Crippen molar-refractivity contribution in [3.8, 4) is 5.75 Å². The summed E-state index contributed by atoms with van der Waals surface area (Å²) in [6.07, 6.45) is 2.54. The fraction of sp³-hybridized carbons (Fsp3) is 0.389. The minimum Gasteiger partial charge on any atom is -0.494 e. The summed E-state index contributed by atoms with van der Waals surface area (Å²) in [5, 5.41) is 6.58. The predicted octanol–water partition coefficient (Wildman–Crippen LogP) is 2.98. The second-order valence-electron chi connectivity index (χ2n) is 4.99. The van der Waals surface area contributed by atoms with E-state index in [1.54, 1.807) is 6.26 Å². The first kappa shape index (κ1) is 16.9. The highest BCUT2D eigenvalue weighted by atomic mass is 16.5. The molecule has 0 bridgehead atoms. The first-order chi connectivity index (χ1) is 11.3. The molecule has 0 amide bonds. The van der Waals surface area contributed by atoms with Crippen LogP contribution in [0.4, 0.5) is 0 Å². The maximum absolute atomic E-state index is 5.65. The number of nitrogens with zero attached hydrogens (tertiary/aromatic N) is 1. The molecule has 0 aliphatic carbocycles. The van der Waals surface area contributed by atoms with E-state index in [4.69, 9.17) is 9.15 Å². The van der Waals surface area contributed by atoms with Crippen molar-refractivity contribution in [2.45, 2.75) is 26.8 Å². The van der Waals surface area contributed by atoms with E-state index in [1.807, 2.05) is 37.3 Å². The molecule has 1 aromatic heterocycles. The van der Waals surface area contributed by atoms with E-state index in [0.717, 1.165) is 37.0 Å². The summed E-state index contributed by atoms with van der Waals surface area (Å²) >= 11 is 0. The quantitative estimate of drug-likeness (QED) is 0.581. The van der Waals surface area contributed by atoms with Gasteiger partial charge in [-0.25, -0.2) is 4.99 Å². The first-order valence-electron chi connectivity index (χ1n) is 8.08. The zero-order valence-corrected chi connectivity index (χ0v) is 13.8. The van der Waals surface area contributed by atoms with E-state index in [2.05, 4.69) is 28.6 Å². The molecule has 23 heavy (non-hydrogen) atoms. The Bertz CT molecular complexity index is 594.